The number of hydrogen-bond donors (Lipinski definition) is 2. The van der Waals surface area contributed by atoms with Crippen LogP contribution in [0, 0.1) is 0 Å². The molecule has 100 valence electrons. The highest BCUT2D eigenvalue weighted by molar-refractivity contribution is 6.32. The molecule has 0 unspecified atom stereocenters. The van der Waals surface area contributed by atoms with E-state index in [0.29, 0.717) is 5.02 Å². The first-order chi connectivity index (χ1) is 8.70. The summed E-state index contributed by atoms with van der Waals surface area (Å²) in [6.07, 6.45) is 1.81. The van der Waals surface area contributed by atoms with Gasteiger partial charge in [-0.15, -0.1) is 0 Å². The summed E-state index contributed by atoms with van der Waals surface area (Å²) in [7, 11) is 0. The minimum atomic E-state index is 0.254. The molecule has 2 rings (SSSR count). The Kier molecular flexibility index (Phi) is 4.87. The predicted molar refractivity (Wildman–Crippen MR) is 75.5 cm³/mol. The van der Waals surface area contributed by atoms with E-state index in [2.05, 4.69) is 23.2 Å². The molecule has 0 atom stereocenters. The summed E-state index contributed by atoms with van der Waals surface area (Å²) in [6, 6.07) is 3.93. The van der Waals surface area contributed by atoms with Gasteiger partial charge in [-0.1, -0.05) is 24.6 Å². The third-order valence-corrected chi connectivity index (χ3v) is 3.81. The van der Waals surface area contributed by atoms with Gasteiger partial charge in [-0.25, -0.2) is 0 Å². The zero-order valence-corrected chi connectivity index (χ0v) is 11.6. The first-order valence-electron chi connectivity index (χ1n) is 6.64. The summed E-state index contributed by atoms with van der Waals surface area (Å²) in [5.41, 5.74) is 2.16. The maximum Gasteiger partial charge on any atom is 0.137 e. The highest BCUT2D eigenvalue weighted by atomic mass is 35.5. The number of benzene rings is 1. The van der Waals surface area contributed by atoms with Gasteiger partial charge in [-0.2, -0.15) is 0 Å². The van der Waals surface area contributed by atoms with Crippen molar-refractivity contribution in [1.29, 1.82) is 0 Å². The number of rotatable bonds is 4. The quantitative estimate of drug-likeness (QED) is 0.877. The molecule has 1 aromatic carbocycles. The number of halogens is 1. The molecule has 0 radical (unpaired) electrons. The van der Waals surface area contributed by atoms with E-state index in [9.17, 15) is 5.11 Å². The minimum Gasteiger partial charge on any atom is -0.506 e. The molecule has 1 aliphatic heterocycles. The van der Waals surface area contributed by atoms with Crippen molar-refractivity contribution in [1.82, 2.24) is 10.2 Å². The van der Waals surface area contributed by atoms with Crippen molar-refractivity contribution in [2.45, 2.75) is 19.8 Å². The molecule has 0 amide bonds. The molecule has 1 saturated heterocycles. The van der Waals surface area contributed by atoms with Gasteiger partial charge in [0.25, 0.3) is 0 Å². The lowest BCUT2D eigenvalue weighted by atomic mass is 10.0. The summed E-state index contributed by atoms with van der Waals surface area (Å²) in [6.45, 7) is 7.37. The van der Waals surface area contributed by atoms with E-state index in [1.54, 1.807) is 0 Å². The first kappa shape index (κ1) is 13.7. The number of aryl methyl sites for hydroxylation is 1. The van der Waals surface area contributed by atoms with Gasteiger partial charge in [0.2, 0.25) is 0 Å². The summed E-state index contributed by atoms with van der Waals surface area (Å²) in [5.74, 6) is 0.254. The average molecular weight is 269 g/mol. The smallest absolute Gasteiger partial charge is 0.137 e. The summed E-state index contributed by atoms with van der Waals surface area (Å²) in [4.78, 5) is 2.42. The van der Waals surface area contributed by atoms with E-state index in [0.717, 1.165) is 51.1 Å². The maximum atomic E-state index is 9.98. The number of phenols is 1. The van der Waals surface area contributed by atoms with Crippen molar-refractivity contribution < 1.29 is 5.11 Å². The zero-order valence-electron chi connectivity index (χ0n) is 10.9. The van der Waals surface area contributed by atoms with Crippen molar-refractivity contribution in [3.63, 3.8) is 0 Å². The van der Waals surface area contributed by atoms with E-state index < -0.39 is 0 Å². The van der Waals surface area contributed by atoms with Crippen LogP contribution in [0.2, 0.25) is 5.02 Å². The van der Waals surface area contributed by atoms with Crippen molar-refractivity contribution in [3.8, 4) is 5.75 Å². The van der Waals surface area contributed by atoms with Crippen LogP contribution >= 0.6 is 11.6 Å². The Morgan fingerprint density at radius 1 is 1.33 bits per heavy atom. The number of hydrogen-bond acceptors (Lipinski definition) is 3. The Morgan fingerprint density at radius 3 is 2.72 bits per heavy atom. The molecule has 0 aliphatic carbocycles. The normalized spacial score (nSPS) is 17.0. The highest BCUT2D eigenvalue weighted by Gasteiger charge is 2.12. The van der Waals surface area contributed by atoms with Crippen molar-refractivity contribution in [3.05, 3.63) is 28.3 Å². The Balaban J connectivity index is 2.01. The van der Waals surface area contributed by atoms with Crippen LogP contribution in [0.15, 0.2) is 12.1 Å². The van der Waals surface area contributed by atoms with E-state index in [1.165, 1.54) is 5.56 Å². The third kappa shape index (κ3) is 3.37. The molecule has 1 heterocycles. The van der Waals surface area contributed by atoms with Gasteiger partial charge in [0.1, 0.15) is 5.75 Å². The summed E-state index contributed by atoms with van der Waals surface area (Å²) >= 11 is 6.05. The Bertz CT molecular complexity index is 403. The van der Waals surface area contributed by atoms with Crippen molar-refractivity contribution >= 4 is 11.6 Å². The van der Waals surface area contributed by atoms with Gasteiger partial charge >= 0.3 is 0 Å². The van der Waals surface area contributed by atoms with Crippen LogP contribution in [-0.4, -0.2) is 42.7 Å². The average Bonchev–Trinajstić information content (AvgIpc) is 2.41. The van der Waals surface area contributed by atoms with Gasteiger partial charge in [-0.3, -0.25) is 0 Å². The van der Waals surface area contributed by atoms with Crippen LogP contribution in [0.5, 0.6) is 5.75 Å². The molecule has 1 aliphatic rings. The largest absolute Gasteiger partial charge is 0.506 e. The van der Waals surface area contributed by atoms with Crippen LogP contribution in [-0.2, 0) is 12.8 Å². The lowest BCUT2D eigenvalue weighted by Gasteiger charge is -2.27. The fourth-order valence-corrected chi connectivity index (χ4v) is 2.59. The van der Waals surface area contributed by atoms with Gasteiger partial charge in [0.15, 0.2) is 0 Å². The molecule has 18 heavy (non-hydrogen) atoms. The summed E-state index contributed by atoms with van der Waals surface area (Å²) < 4.78 is 0. The molecule has 4 heteroatoms. The fraction of sp³-hybridized carbons (Fsp3) is 0.571. The molecular weight excluding hydrogens is 248 g/mol. The minimum absolute atomic E-state index is 0.254. The van der Waals surface area contributed by atoms with Crippen LogP contribution in [0.4, 0.5) is 0 Å². The molecule has 2 N–H and O–H groups in total. The molecule has 3 nitrogen and oxygen atoms in total. The number of nitrogens with one attached hydrogen (secondary N) is 1. The number of nitrogens with zero attached hydrogens (tertiary/aromatic N) is 1. The predicted octanol–water partition coefficient (Wildman–Crippen LogP) is 2.06. The lowest BCUT2D eigenvalue weighted by Crippen LogP contribution is -2.44. The van der Waals surface area contributed by atoms with Crippen molar-refractivity contribution in [2.24, 2.45) is 0 Å². The fourth-order valence-electron chi connectivity index (χ4n) is 2.33. The monoisotopic (exact) mass is 268 g/mol. The Hall–Kier alpha value is -0.770. The zero-order chi connectivity index (χ0) is 13.0. The van der Waals surface area contributed by atoms with Gasteiger partial charge in [0, 0.05) is 32.7 Å². The van der Waals surface area contributed by atoms with E-state index in [-0.39, 0.29) is 5.75 Å². The Morgan fingerprint density at radius 2 is 2.06 bits per heavy atom. The van der Waals surface area contributed by atoms with Gasteiger partial charge < -0.3 is 15.3 Å². The SMILES string of the molecule is CCc1cc(Cl)c(O)c(CCN2CCNCC2)c1. The molecule has 0 aromatic heterocycles. The van der Waals surface area contributed by atoms with Crippen LogP contribution in [0.25, 0.3) is 0 Å². The second kappa shape index (κ2) is 6.41. The number of piperazine rings is 1. The molecule has 1 fully saturated rings. The topological polar surface area (TPSA) is 35.5 Å². The maximum absolute atomic E-state index is 9.98. The van der Waals surface area contributed by atoms with Gasteiger partial charge in [0.05, 0.1) is 5.02 Å². The van der Waals surface area contributed by atoms with Crippen LogP contribution < -0.4 is 5.32 Å². The third-order valence-electron chi connectivity index (χ3n) is 3.52. The van der Waals surface area contributed by atoms with E-state index in [4.69, 9.17) is 11.6 Å². The van der Waals surface area contributed by atoms with Crippen molar-refractivity contribution in [2.75, 3.05) is 32.7 Å². The van der Waals surface area contributed by atoms with E-state index in [1.807, 2.05) is 6.07 Å². The molecule has 1 aromatic rings. The van der Waals surface area contributed by atoms with E-state index >= 15 is 0 Å². The van der Waals surface area contributed by atoms with Crippen LogP contribution in [0.3, 0.4) is 0 Å². The Labute approximate surface area is 114 Å². The first-order valence-corrected chi connectivity index (χ1v) is 7.02. The van der Waals surface area contributed by atoms with Crippen LogP contribution in [0.1, 0.15) is 18.1 Å². The van der Waals surface area contributed by atoms with Gasteiger partial charge in [-0.05, 0) is 30.0 Å². The molecule has 0 saturated carbocycles. The summed E-state index contributed by atoms with van der Waals surface area (Å²) in [5, 5.41) is 13.8. The second-order valence-corrected chi connectivity index (χ2v) is 5.19. The molecule has 0 spiro atoms. The molecular formula is C14H21ClN2O. The number of phenolic OH excluding ortho intramolecular Hbond substituents is 1. The second-order valence-electron chi connectivity index (χ2n) is 4.78. The lowest BCUT2D eigenvalue weighted by molar-refractivity contribution is 0.243. The standard InChI is InChI=1S/C14H21ClN2O/c1-2-11-9-12(14(18)13(15)10-11)3-6-17-7-4-16-5-8-17/h9-10,16,18H,2-8H2,1H3. The molecule has 0 bridgehead atoms. The number of aromatic hydroxyl groups is 1. The highest BCUT2D eigenvalue weighted by Crippen LogP contribution is 2.29.